The van der Waals surface area contributed by atoms with Gasteiger partial charge in [-0.2, -0.15) is 0 Å². The summed E-state index contributed by atoms with van der Waals surface area (Å²) in [5, 5.41) is 0. The molecular formula is C92H152N11+11. The maximum Gasteiger partial charge on any atom is 0.171 e. The molecule has 0 unspecified atom stereocenters. The van der Waals surface area contributed by atoms with Crippen molar-refractivity contribution in [2.45, 2.75) is 252 Å². The van der Waals surface area contributed by atoms with Crippen molar-refractivity contribution >= 4 is 0 Å². The molecule has 564 valence electrons. The molecule has 11 rings (SSSR count). The molecule has 2 aliphatic heterocycles. The third kappa shape index (κ3) is 52.0. The summed E-state index contributed by atoms with van der Waals surface area (Å²) >= 11 is 0. The second kappa shape index (κ2) is 62.8. The predicted octanol–water partition coefficient (Wildman–Crippen LogP) is 16.9. The van der Waals surface area contributed by atoms with Crippen LogP contribution in [0.15, 0.2) is 251 Å². The molecule has 11 heteroatoms. The van der Waals surface area contributed by atoms with Crippen LogP contribution in [0.2, 0.25) is 0 Å². The summed E-state index contributed by atoms with van der Waals surface area (Å²) < 4.78 is 22.2. The van der Waals surface area contributed by atoms with Crippen molar-refractivity contribution < 1.29 is 50.1 Å². The van der Waals surface area contributed by atoms with Crippen molar-refractivity contribution in [3.8, 4) is 0 Å². The van der Waals surface area contributed by atoms with Crippen LogP contribution in [-0.4, -0.2) is 62.3 Å². The Balaban J connectivity index is 0.000000568. The molecule has 0 radical (unpaired) electrons. The monoisotopic (exact) mass is 1410 g/mol. The second-order valence-electron chi connectivity index (χ2n) is 27.9. The molecule has 11 heterocycles. The zero-order chi connectivity index (χ0) is 75.7. The molecular weight excluding hydrogens is 1260 g/mol. The Morgan fingerprint density at radius 3 is 0.893 bits per heavy atom. The SMILES string of the molecule is CCCCCC[n+]1ccccc1.CCCC[n+]1ccc(C)cc1.CCCC[n+]1cccc(C)c1.CCCC[n+]1ccccc1.CCC[N+]1(C)CCCC1.CCC[n+]1ccccc1.CC[N+]1(C)CCCC1.CC[n+]1ccc(C)cc1.CC[n+]1cccc(C)c1.CC[n+]1ccccc1.C[n+]1ccccc1. The molecule has 2 aliphatic rings. The highest BCUT2D eigenvalue weighted by Crippen LogP contribution is 2.16. The number of quaternary nitrogens is 2. The Bertz CT molecular complexity index is 3270. The van der Waals surface area contributed by atoms with E-state index in [2.05, 4.69) is 338 Å². The molecule has 0 bridgehead atoms. The van der Waals surface area contributed by atoms with Crippen LogP contribution in [0.25, 0.3) is 0 Å². The number of aromatic nitrogens is 9. The van der Waals surface area contributed by atoms with E-state index in [1.165, 1.54) is 180 Å². The molecule has 0 spiro atoms. The van der Waals surface area contributed by atoms with E-state index in [1.54, 1.807) is 0 Å². The minimum absolute atomic E-state index is 1.06. The average molecular weight is 1410 g/mol. The van der Waals surface area contributed by atoms with Crippen molar-refractivity contribution in [2.24, 2.45) is 7.05 Å². The van der Waals surface area contributed by atoms with Crippen LogP contribution < -0.4 is 41.1 Å². The van der Waals surface area contributed by atoms with Crippen molar-refractivity contribution in [2.75, 3.05) is 53.4 Å². The van der Waals surface area contributed by atoms with E-state index < -0.39 is 0 Å². The highest BCUT2D eigenvalue weighted by molar-refractivity contribution is 5.04. The van der Waals surface area contributed by atoms with E-state index >= 15 is 0 Å². The normalized spacial score (nSPS) is 12.2. The van der Waals surface area contributed by atoms with Crippen molar-refractivity contribution in [3.05, 3.63) is 273 Å². The van der Waals surface area contributed by atoms with Crippen LogP contribution in [-0.2, 0) is 59.4 Å². The highest BCUT2D eigenvalue weighted by Gasteiger charge is 2.25. The number of unbranched alkanes of at least 4 members (excludes halogenated alkanes) is 6. The van der Waals surface area contributed by atoms with Gasteiger partial charge >= 0.3 is 0 Å². The lowest BCUT2D eigenvalue weighted by molar-refractivity contribution is -0.897. The van der Waals surface area contributed by atoms with Crippen molar-refractivity contribution in [3.63, 3.8) is 0 Å². The third-order valence-corrected chi connectivity index (χ3v) is 18.1. The number of pyridine rings is 9. The van der Waals surface area contributed by atoms with Gasteiger partial charge in [0.25, 0.3) is 0 Å². The lowest BCUT2D eigenvalue weighted by Crippen LogP contribution is -2.41. The van der Waals surface area contributed by atoms with E-state index in [9.17, 15) is 0 Å². The molecule has 0 amide bonds. The molecule has 0 N–H and O–H groups in total. The lowest BCUT2D eigenvalue weighted by atomic mass is 10.2. The summed E-state index contributed by atoms with van der Waals surface area (Å²) in [6.45, 7) is 47.8. The van der Waals surface area contributed by atoms with Gasteiger partial charge in [0.15, 0.2) is 112 Å². The molecule has 0 saturated carbocycles. The molecule has 9 aromatic heterocycles. The van der Waals surface area contributed by atoms with Gasteiger partial charge in [0.2, 0.25) is 0 Å². The molecule has 2 fully saturated rings. The molecule has 9 aromatic rings. The van der Waals surface area contributed by atoms with Gasteiger partial charge in [-0.05, 0) is 91.5 Å². The number of rotatable bonds is 22. The van der Waals surface area contributed by atoms with Crippen LogP contribution >= 0.6 is 0 Å². The summed E-state index contributed by atoms with van der Waals surface area (Å²) in [5.74, 6) is 0. The summed E-state index contributed by atoms with van der Waals surface area (Å²) in [7, 11) is 6.74. The van der Waals surface area contributed by atoms with Gasteiger partial charge in [-0.1, -0.05) is 104 Å². The standard InChI is InChI=1S/C11H18N.2C10H16N.C9H14N.2C8H12N.C8H18N.C8H12N.C7H16N.C7H10N.C6H8N/c1-2-3-4-6-9-12-10-7-5-8-11-12;1-3-4-7-11-8-5-10(2)6-9-11;1-3-4-7-11-8-5-6-10(2)9-11;1-2-3-7-10-8-5-4-6-9-10;1-3-9-6-4-8(2)5-7-9;1-3-9-6-4-5-8(2)7-9;1-3-6-9(2)7-4-5-8-9;1-2-6-9-7-4-3-5-8-9;1-3-8(2)6-4-5-7-8;1-2-8-6-4-3-5-7-8;1-7-5-3-2-4-6-7/h5,7-8,10-11H,2-4,6,9H2,1H3;2*5-6,8-9H,3-4,7H2,1-2H3;4-6,8-9H,2-3,7H2,1H3;2*4-7H,3H2,1-2H3;3-8H2,1-2H3;3-5,7-8H,2,6H2,1H3;3-7H2,1-2H3;3-7H,2H2,1H3;2-6H,1H3/q11*+1. The Labute approximate surface area is 632 Å². The average Bonchev–Trinajstić information content (AvgIpc) is 1.80. The fraction of sp³-hybridized carbons (Fsp3) is 0.511. The minimum atomic E-state index is 1.06. The van der Waals surface area contributed by atoms with Gasteiger partial charge in [-0.25, -0.2) is 41.1 Å². The third-order valence-electron chi connectivity index (χ3n) is 18.1. The first-order chi connectivity index (χ1) is 50.0. The summed E-state index contributed by atoms with van der Waals surface area (Å²) in [4.78, 5) is 0. The quantitative estimate of drug-likeness (QED) is 0.0368. The predicted molar refractivity (Wildman–Crippen MR) is 432 cm³/mol. The number of hydrogen-bond acceptors (Lipinski definition) is 0. The van der Waals surface area contributed by atoms with Gasteiger partial charge in [0, 0.05) is 166 Å². The number of nitrogens with zero attached hydrogens (tertiary/aromatic N) is 11. The molecule has 2 saturated heterocycles. The fourth-order valence-corrected chi connectivity index (χ4v) is 11.2. The first-order valence-corrected chi connectivity index (χ1v) is 40.1. The van der Waals surface area contributed by atoms with Crippen LogP contribution in [0.4, 0.5) is 0 Å². The number of aryl methyl sites for hydroxylation is 13. The zero-order valence-electron chi connectivity index (χ0n) is 68.8. The highest BCUT2D eigenvalue weighted by atomic mass is 15.3. The van der Waals surface area contributed by atoms with Gasteiger partial charge in [-0.3, -0.25) is 0 Å². The molecule has 103 heavy (non-hydrogen) atoms. The van der Waals surface area contributed by atoms with E-state index in [1.807, 2.05) is 72.5 Å². The lowest BCUT2D eigenvalue weighted by Gasteiger charge is -2.28. The topological polar surface area (TPSA) is 34.9 Å². The van der Waals surface area contributed by atoms with E-state index in [0.717, 1.165) is 45.8 Å². The summed E-state index contributed by atoms with van der Waals surface area (Å²) in [6, 6.07) is 47.5. The van der Waals surface area contributed by atoms with Gasteiger partial charge in [0.1, 0.15) is 59.4 Å². The Kier molecular flexibility index (Phi) is 56.9. The Morgan fingerprint density at radius 1 is 0.262 bits per heavy atom. The van der Waals surface area contributed by atoms with Crippen LogP contribution in [0.1, 0.15) is 194 Å². The van der Waals surface area contributed by atoms with Gasteiger partial charge < -0.3 is 8.97 Å². The first kappa shape index (κ1) is 93.3. The smallest absolute Gasteiger partial charge is 0.171 e. The zero-order valence-corrected chi connectivity index (χ0v) is 68.8. The van der Waals surface area contributed by atoms with Crippen molar-refractivity contribution in [1.29, 1.82) is 0 Å². The number of likely N-dealkylation sites (tertiary alicyclic amines) is 2. The number of hydrogen-bond donors (Lipinski definition) is 0. The summed E-state index contributed by atoms with van der Waals surface area (Å²) in [5.41, 5.74) is 5.31. The first-order valence-electron chi connectivity index (χ1n) is 40.1. The van der Waals surface area contributed by atoms with Crippen LogP contribution in [0, 0.1) is 27.7 Å². The fourth-order valence-electron chi connectivity index (χ4n) is 11.2. The minimum Gasteiger partial charge on any atom is -0.326 e. The van der Waals surface area contributed by atoms with Crippen LogP contribution in [0.3, 0.4) is 0 Å². The summed E-state index contributed by atoms with van der Waals surface area (Å²) in [6.07, 6.45) is 59.1. The van der Waals surface area contributed by atoms with Crippen LogP contribution in [0.5, 0.6) is 0 Å². The second-order valence-corrected chi connectivity index (χ2v) is 27.9. The Hall–Kier alpha value is -7.73. The van der Waals surface area contributed by atoms with Gasteiger partial charge in [-0.15, -0.1) is 0 Å². The van der Waals surface area contributed by atoms with Gasteiger partial charge in [0.05, 0.1) is 53.4 Å². The Morgan fingerprint density at radius 2 is 0.573 bits per heavy atom. The van der Waals surface area contributed by atoms with E-state index in [-0.39, 0.29) is 0 Å². The molecule has 11 nitrogen and oxygen atoms in total. The maximum atomic E-state index is 2.39. The van der Waals surface area contributed by atoms with Crippen molar-refractivity contribution in [1.82, 2.24) is 0 Å². The molecule has 0 atom stereocenters. The molecule has 0 aromatic carbocycles. The largest absolute Gasteiger partial charge is 0.326 e. The maximum absolute atomic E-state index is 2.39. The molecule has 0 aliphatic carbocycles. The van der Waals surface area contributed by atoms with E-state index in [0.29, 0.717) is 0 Å². The van der Waals surface area contributed by atoms with E-state index in [4.69, 9.17) is 0 Å².